The molecule has 1 aromatic carbocycles. The van der Waals surface area contributed by atoms with Crippen LogP contribution in [0.2, 0.25) is 36.3 Å². The molecule has 0 spiro atoms. The Hall–Kier alpha value is -2.25. The molecule has 41 heavy (non-hydrogen) atoms. The van der Waals surface area contributed by atoms with Gasteiger partial charge in [0, 0.05) is 18.9 Å². The summed E-state index contributed by atoms with van der Waals surface area (Å²) in [6, 6.07) is 10.9. The number of carbonyl (C=O) groups excluding carboxylic acids is 2. The summed E-state index contributed by atoms with van der Waals surface area (Å²) in [4.78, 5) is 28.3. The van der Waals surface area contributed by atoms with Gasteiger partial charge in [-0.15, -0.1) is 0 Å². The van der Waals surface area contributed by atoms with Crippen LogP contribution in [0.3, 0.4) is 0 Å². The van der Waals surface area contributed by atoms with Crippen LogP contribution in [0.1, 0.15) is 77.0 Å². The first-order chi connectivity index (χ1) is 18.8. The SMILES string of the molecule is CC(=O)c1cc([C@H]2C[C@H](O[Si](C)(C)C(C)(C)C)[C@@H](CO[Si](C)(C)C(C)(C)C)O2)c(NC(=O)COc2ccccc2)[nH]1. The lowest BCUT2D eigenvalue weighted by atomic mass is 10.1. The molecule has 3 rings (SSSR count). The smallest absolute Gasteiger partial charge is 0.263 e. The summed E-state index contributed by atoms with van der Waals surface area (Å²) in [6.07, 6.45) is -0.237. The molecule has 1 aliphatic rings. The number of aromatic amines is 1. The summed E-state index contributed by atoms with van der Waals surface area (Å²) in [5.41, 5.74) is 1.13. The van der Waals surface area contributed by atoms with Gasteiger partial charge in [0.1, 0.15) is 17.7 Å². The highest BCUT2D eigenvalue weighted by molar-refractivity contribution is 6.74. The maximum atomic E-state index is 12.8. The third-order valence-electron chi connectivity index (χ3n) is 8.82. The van der Waals surface area contributed by atoms with Gasteiger partial charge in [-0.1, -0.05) is 59.7 Å². The third-order valence-corrected chi connectivity index (χ3v) is 17.8. The lowest BCUT2D eigenvalue weighted by Gasteiger charge is -2.40. The van der Waals surface area contributed by atoms with Crippen LogP contribution in [0.25, 0.3) is 0 Å². The molecule has 1 amide bonds. The highest BCUT2D eigenvalue weighted by Crippen LogP contribution is 2.44. The molecule has 3 atom stereocenters. The molecule has 2 N–H and O–H groups in total. The Morgan fingerprint density at radius 3 is 2.17 bits per heavy atom. The maximum absolute atomic E-state index is 12.8. The van der Waals surface area contributed by atoms with E-state index in [0.29, 0.717) is 30.3 Å². The quantitative estimate of drug-likeness (QED) is 0.204. The van der Waals surface area contributed by atoms with Crippen LogP contribution in [0.4, 0.5) is 5.82 Å². The van der Waals surface area contributed by atoms with E-state index >= 15 is 0 Å². The van der Waals surface area contributed by atoms with Crippen LogP contribution < -0.4 is 10.1 Å². The number of Topliss-reactive ketones (excluding diaryl/α,β-unsaturated/α-hetero) is 1. The average Bonchev–Trinajstić information content (AvgIpc) is 3.44. The third kappa shape index (κ3) is 8.41. The fourth-order valence-corrected chi connectivity index (χ4v) is 6.48. The molecule has 1 fully saturated rings. The van der Waals surface area contributed by atoms with Crippen LogP contribution in [-0.2, 0) is 18.4 Å². The number of H-pyrrole nitrogens is 1. The van der Waals surface area contributed by atoms with Crippen molar-refractivity contribution < 1.29 is 27.9 Å². The molecule has 0 unspecified atom stereocenters. The van der Waals surface area contributed by atoms with E-state index in [9.17, 15) is 9.59 Å². The highest BCUT2D eigenvalue weighted by atomic mass is 28.4. The maximum Gasteiger partial charge on any atom is 0.263 e. The molecule has 1 aromatic heterocycles. The fourth-order valence-electron chi connectivity index (χ4n) is 4.11. The first-order valence-corrected chi connectivity index (χ1v) is 20.3. The minimum atomic E-state index is -2.12. The summed E-state index contributed by atoms with van der Waals surface area (Å²) < 4.78 is 25.8. The van der Waals surface area contributed by atoms with Crippen molar-refractivity contribution in [1.82, 2.24) is 4.98 Å². The summed E-state index contributed by atoms with van der Waals surface area (Å²) >= 11 is 0. The molecular formula is C31H50N2O6Si2. The molecule has 1 saturated heterocycles. The number of ketones is 1. The van der Waals surface area contributed by atoms with E-state index in [0.717, 1.165) is 5.56 Å². The van der Waals surface area contributed by atoms with Gasteiger partial charge in [-0.2, -0.15) is 0 Å². The van der Waals surface area contributed by atoms with Gasteiger partial charge in [0.05, 0.1) is 24.5 Å². The predicted molar refractivity (Wildman–Crippen MR) is 169 cm³/mol. The Morgan fingerprint density at radius 1 is 1.00 bits per heavy atom. The number of amides is 1. The average molecular weight is 603 g/mol. The van der Waals surface area contributed by atoms with Gasteiger partial charge in [0.15, 0.2) is 29.0 Å². The van der Waals surface area contributed by atoms with Crippen LogP contribution in [0, 0.1) is 0 Å². The Kier molecular flexibility index (Phi) is 10.2. The molecule has 228 valence electrons. The van der Waals surface area contributed by atoms with Gasteiger partial charge < -0.3 is 28.6 Å². The van der Waals surface area contributed by atoms with Crippen LogP contribution in [0.15, 0.2) is 36.4 Å². The molecule has 0 aliphatic carbocycles. The topological polar surface area (TPSA) is 98.9 Å². The second-order valence-corrected chi connectivity index (χ2v) is 23.7. The van der Waals surface area contributed by atoms with Crippen molar-refractivity contribution >= 4 is 34.1 Å². The second kappa shape index (κ2) is 12.5. The van der Waals surface area contributed by atoms with Crippen molar-refractivity contribution in [2.75, 3.05) is 18.5 Å². The Bertz CT molecular complexity index is 1200. The summed E-state index contributed by atoms with van der Waals surface area (Å²) in [5, 5.41) is 3.00. The summed E-state index contributed by atoms with van der Waals surface area (Å²) in [5.74, 6) is 0.584. The van der Waals surface area contributed by atoms with Gasteiger partial charge in [-0.3, -0.25) is 9.59 Å². The number of nitrogens with one attached hydrogen (secondary N) is 2. The Labute approximate surface area is 248 Å². The predicted octanol–water partition coefficient (Wildman–Crippen LogP) is 7.48. The fraction of sp³-hybridized carbons (Fsp3) is 0.613. The van der Waals surface area contributed by atoms with E-state index in [2.05, 4.69) is 78.0 Å². The van der Waals surface area contributed by atoms with E-state index < -0.39 is 16.6 Å². The van der Waals surface area contributed by atoms with Gasteiger partial charge in [-0.05, 0) is 54.5 Å². The Morgan fingerprint density at radius 2 is 1.61 bits per heavy atom. The molecule has 2 heterocycles. The molecule has 1 aliphatic heterocycles. The van der Waals surface area contributed by atoms with Gasteiger partial charge >= 0.3 is 0 Å². The molecule has 2 aromatic rings. The number of ether oxygens (including phenoxy) is 2. The number of aromatic nitrogens is 1. The van der Waals surface area contributed by atoms with Crippen LogP contribution in [0.5, 0.6) is 5.75 Å². The van der Waals surface area contributed by atoms with Crippen molar-refractivity contribution in [2.24, 2.45) is 0 Å². The molecule has 0 radical (unpaired) electrons. The zero-order valence-electron chi connectivity index (χ0n) is 26.8. The standard InChI is InChI=1S/C31H50N2O6Si2/c1-21(34)24-17-23(29(32-24)33-28(35)20-36-22-15-13-12-14-16-22)25-18-26(39-41(10,11)31(5,6)7)27(38-25)19-37-40(8,9)30(2,3)4/h12-17,25-27,32H,18-20H2,1-11H3,(H,33,35)/t25-,26+,27-/m1/s1. The van der Waals surface area contributed by atoms with E-state index in [-0.39, 0.29) is 46.7 Å². The highest BCUT2D eigenvalue weighted by Gasteiger charge is 2.47. The first-order valence-electron chi connectivity index (χ1n) is 14.5. The minimum absolute atomic E-state index is 0.0314. The molecular weight excluding hydrogens is 553 g/mol. The molecule has 0 saturated carbocycles. The minimum Gasteiger partial charge on any atom is -0.484 e. The number of anilines is 1. The van der Waals surface area contributed by atoms with Gasteiger partial charge in [0.25, 0.3) is 5.91 Å². The summed E-state index contributed by atoms with van der Waals surface area (Å²) in [6.45, 7) is 24.1. The second-order valence-electron chi connectivity index (χ2n) is 14.1. The molecule has 0 bridgehead atoms. The van der Waals surface area contributed by atoms with Crippen LogP contribution >= 0.6 is 0 Å². The van der Waals surface area contributed by atoms with Crippen molar-refractivity contribution in [3.8, 4) is 5.75 Å². The van der Waals surface area contributed by atoms with E-state index in [1.807, 2.05) is 18.2 Å². The normalized spacial score (nSPS) is 20.2. The van der Waals surface area contributed by atoms with E-state index in [4.69, 9.17) is 18.3 Å². The van der Waals surface area contributed by atoms with E-state index in [1.165, 1.54) is 6.92 Å². The Balaban J connectivity index is 1.85. The largest absolute Gasteiger partial charge is 0.484 e. The monoisotopic (exact) mass is 602 g/mol. The van der Waals surface area contributed by atoms with Crippen molar-refractivity contribution in [2.45, 2.75) is 109 Å². The van der Waals surface area contributed by atoms with Crippen molar-refractivity contribution in [3.63, 3.8) is 0 Å². The number of rotatable bonds is 11. The van der Waals surface area contributed by atoms with Crippen molar-refractivity contribution in [1.29, 1.82) is 0 Å². The molecule has 8 nitrogen and oxygen atoms in total. The van der Waals surface area contributed by atoms with Gasteiger partial charge in [-0.25, -0.2) is 0 Å². The lowest BCUT2D eigenvalue weighted by Crippen LogP contribution is -2.48. The zero-order valence-corrected chi connectivity index (χ0v) is 28.8. The first kappa shape index (κ1) is 33.3. The number of hydrogen-bond acceptors (Lipinski definition) is 6. The zero-order chi connectivity index (χ0) is 30.8. The number of carbonyl (C=O) groups is 2. The molecule has 10 heteroatoms. The lowest BCUT2D eigenvalue weighted by molar-refractivity contribution is -0.118. The summed E-state index contributed by atoms with van der Waals surface area (Å²) in [7, 11) is -4.15. The van der Waals surface area contributed by atoms with E-state index in [1.54, 1.807) is 18.2 Å². The van der Waals surface area contributed by atoms with Crippen molar-refractivity contribution in [3.05, 3.63) is 47.7 Å². The number of para-hydroxylation sites is 1. The van der Waals surface area contributed by atoms with Crippen LogP contribution in [-0.4, -0.2) is 58.7 Å². The number of benzene rings is 1. The number of hydrogen-bond donors (Lipinski definition) is 2. The van der Waals surface area contributed by atoms with Gasteiger partial charge in [0.2, 0.25) is 0 Å².